The van der Waals surface area contributed by atoms with Crippen molar-refractivity contribution in [3.05, 3.63) is 77.5 Å². The summed E-state index contributed by atoms with van der Waals surface area (Å²) in [5.74, 6) is -1.90. The normalized spacial score (nSPS) is 16.3. The van der Waals surface area contributed by atoms with E-state index in [1.54, 1.807) is 6.20 Å². The van der Waals surface area contributed by atoms with Crippen molar-refractivity contribution in [2.75, 3.05) is 6.61 Å². The molecule has 5 nitrogen and oxygen atoms in total. The minimum absolute atomic E-state index is 0.00705. The number of rotatable bonds is 3. The summed E-state index contributed by atoms with van der Waals surface area (Å²) in [6.45, 7) is 0.440. The first-order valence-electron chi connectivity index (χ1n) is 7.91. The number of para-hydroxylation sites is 1. The number of carbonyl (C=O) groups excluding carboxylic acids is 2. The molecule has 1 aliphatic heterocycles. The van der Waals surface area contributed by atoms with Gasteiger partial charge < -0.3 is 14.4 Å². The van der Waals surface area contributed by atoms with Gasteiger partial charge in [-0.1, -0.05) is 48.5 Å². The van der Waals surface area contributed by atoms with Gasteiger partial charge in [0.15, 0.2) is 0 Å². The van der Waals surface area contributed by atoms with Crippen molar-refractivity contribution in [1.82, 2.24) is 4.57 Å². The van der Waals surface area contributed by atoms with Crippen LogP contribution in [0.5, 0.6) is 0 Å². The van der Waals surface area contributed by atoms with E-state index < -0.39 is 11.8 Å². The molecular weight excluding hydrogens is 318 g/mol. The molecule has 1 fully saturated rings. The number of carbonyl (C=O) groups is 2. The van der Waals surface area contributed by atoms with Crippen LogP contribution in [-0.2, 0) is 20.9 Å². The lowest BCUT2D eigenvalue weighted by Gasteiger charge is -2.05. The quantitative estimate of drug-likeness (QED) is 0.346. The Hall–Kier alpha value is -3.34. The maximum Gasteiger partial charge on any atom is 0.379 e. The Kier molecular flexibility index (Phi) is 3.61. The standard InChI is InChI=1S/C20H15NO4/c22-18(16-12-25-20(24)19(16)23)15-11-21(10-13-6-2-1-3-7-13)17-9-5-4-8-14(15)17/h1-9,11,22H,10,12H2/b18-16-. The Morgan fingerprint density at radius 2 is 1.76 bits per heavy atom. The fourth-order valence-corrected chi connectivity index (χ4v) is 3.08. The first-order valence-corrected chi connectivity index (χ1v) is 7.91. The van der Waals surface area contributed by atoms with Gasteiger partial charge in [0.1, 0.15) is 12.4 Å². The van der Waals surface area contributed by atoms with Gasteiger partial charge in [0, 0.05) is 29.2 Å². The molecule has 124 valence electrons. The maximum absolute atomic E-state index is 11.9. The molecule has 5 heteroatoms. The van der Waals surface area contributed by atoms with Gasteiger partial charge in [-0.15, -0.1) is 0 Å². The maximum atomic E-state index is 11.9. The van der Waals surface area contributed by atoms with E-state index in [-0.39, 0.29) is 17.9 Å². The first-order chi connectivity index (χ1) is 12.1. The van der Waals surface area contributed by atoms with Crippen LogP contribution in [0.2, 0.25) is 0 Å². The van der Waals surface area contributed by atoms with Gasteiger partial charge in [0.05, 0.1) is 5.57 Å². The van der Waals surface area contributed by atoms with Gasteiger partial charge >= 0.3 is 5.97 Å². The Labute approximate surface area is 143 Å². The lowest BCUT2D eigenvalue weighted by molar-refractivity contribution is -0.146. The second-order valence-corrected chi connectivity index (χ2v) is 5.91. The molecule has 1 saturated heterocycles. The van der Waals surface area contributed by atoms with E-state index in [9.17, 15) is 14.7 Å². The molecule has 1 aliphatic rings. The summed E-state index contributed by atoms with van der Waals surface area (Å²) in [6.07, 6.45) is 1.80. The SMILES string of the molecule is O=C1OC/C(=C(/O)c2cn(Cc3ccccc3)c3ccccc23)C1=O. The number of ether oxygens (including phenoxy) is 1. The third kappa shape index (κ3) is 2.59. The number of hydrogen-bond acceptors (Lipinski definition) is 4. The first kappa shape index (κ1) is 15.2. The summed E-state index contributed by atoms with van der Waals surface area (Å²) >= 11 is 0. The van der Waals surface area contributed by atoms with E-state index in [0.717, 1.165) is 16.5 Å². The highest BCUT2D eigenvalue weighted by Crippen LogP contribution is 2.30. The van der Waals surface area contributed by atoms with E-state index >= 15 is 0 Å². The third-order valence-electron chi connectivity index (χ3n) is 4.33. The highest BCUT2D eigenvalue weighted by Gasteiger charge is 2.33. The van der Waals surface area contributed by atoms with Gasteiger partial charge in [0.25, 0.3) is 5.78 Å². The van der Waals surface area contributed by atoms with Crippen LogP contribution in [-0.4, -0.2) is 28.0 Å². The van der Waals surface area contributed by atoms with Crippen LogP contribution in [0.25, 0.3) is 16.7 Å². The van der Waals surface area contributed by atoms with Gasteiger partial charge in [-0.05, 0) is 11.6 Å². The number of aromatic nitrogens is 1. The molecule has 1 aromatic heterocycles. The molecular formula is C20H15NO4. The fourth-order valence-electron chi connectivity index (χ4n) is 3.08. The molecule has 0 radical (unpaired) electrons. The predicted molar refractivity (Wildman–Crippen MR) is 93.0 cm³/mol. The minimum atomic E-state index is -0.922. The average Bonchev–Trinajstić information content (AvgIpc) is 3.17. The summed E-state index contributed by atoms with van der Waals surface area (Å²) in [7, 11) is 0. The molecule has 4 rings (SSSR count). The smallest absolute Gasteiger partial charge is 0.379 e. The van der Waals surface area contributed by atoms with Crippen LogP contribution in [0, 0.1) is 0 Å². The molecule has 2 aromatic carbocycles. The number of fused-ring (bicyclic) bond motifs is 1. The lowest BCUT2D eigenvalue weighted by atomic mass is 10.1. The number of aliphatic hydroxyl groups is 1. The predicted octanol–water partition coefficient (Wildman–Crippen LogP) is 3.08. The Morgan fingerprint density at radius 3 is 2.48 bits per heavy atom. The van der Waals surface area contributed by atoms with Crippen molar-refractivity contribution in [3.63, 3.8) is 0 Å². The number of aliphatic hydroxyl groups excluding tert-OH is 1. The fraction of sp³-hybridized carbons (Fsp3) is 0.100. The van der Waals surface area contributed by atoms with Gasteiger partial charge in [-0.2, -0.15) is 0 Å². The average molecular weight is 333 g/mol. The lowest BCUT2D eigenvalue weighted by Crippen LogP contribution is -2.07. The number of benzene rings is 2. The van der Waals surface area contributed by atoms with Crippen molar-refractivity contribution in [3.8, 4) is 0 Å². The Morgan fingerprint density at radius 1 is 1.04 bits per heavy atom. The summed E-state index contributed by atoms with van der Waals surface area (Å²) in [5, 5.41) is 11.4. The zero-order valence-corrected chi connectivity index (χ0v) is 13.3. The second kappa shape index (κ2) is 5.94. The molecule has 0 atom stereocenters. The Bertz CT molecular complexity index is 1010. The molecule has 2 heterocycles. The summed E-state index contributed by atoms with van der Waals surface area (Å²) < 4.78 is 6.73. The zero-order valence-electron chi connectivity index (χ0n) is 13.3. The molecule has 0 saturated carbocycles. The number of Topliss-reactive ketones (excluding diaryl/α,β-unsaturated/α-hetero) is 1. The molecule has 0 unspecified atom stereocenters. The summed E-state index contributed by atoms with van der Waals surface area (Å²) in [5.41, 5.74) is 2.59. The number of nitrogens with zero attached hydrogens (tertiary/aromatic N) is 1. The van der Waals surface area contributed by atoms with E-state index in [1.165, 1.54) is 0 Å². The van der Waals surface area contributed by atoms with Crippen LogP contribution in [0.4, 0.5) is 0 Å². The van der Waals surface area contributed by atoms with Crippen LogP contribution in [0.3, 0.4) is 0 Å². The highest BCUT2D eigenvalue weighted by atomic mass is 16.5. The van der Waals surface area contributed by atoms with Crippen LogP contribution in [0.15, 0.2) is 66.4 Å². The van der Waals surface area contributed by atoms with E-state index in [1.807, 2.05) is 59.2 Å². The number of esters is 1. The monoisotopic (exact) mass is 333 g/mol. The number of hydrogen-bond donors (Lipinski definition) is 1. The van der Waals surface area contributed by atoms with Crippen LogP contribution in [0.1, 0.15) is 11.1 Å². The van der Waals surface area contributed by atoms with Crippen LogP contribution < -0.4 is 0 Å². The van der Waals surface area contributed by atoms with Crippen molar-refractivity contribution in [2.24, 2.45) is 0 Å². The van der Waals surface area contributed by atoms with Crippen molar-refractivity contribution >= 4 is 28.4 Å². The minimum Gasteiger partial charge on any atom is -0.507 e. The van der Waals surface area contributed by atoms with Gasteiger partial charge in [-0.3, -0.25) is 4.79 Å². The molecule has 3 aromatic rings. The summed E-state index contributed by atoms with van der Waals surface area (Å²) in [6, 6.07) is 17.6. The van der Waals surface area contributed by atoms with Crippen molar-refractivity contribution in [1.29, 1.82) is 0 Å². The van der Waals surface area contributed by atoms with Gasteiger partial charge in [0.2, 0.25) is 0 Å². The van der Waals surface area contributed by atoms with Gasteiger partial charge in [-0.25, -0.2) is 4.79 Å². The number of ketones is 1. The Balaban J connectivity index is 1.84. The third-order valence-corrected chi connectivity index (χ3v) is 4.33. The van der Waals surface area contributed by atoms with Crippen molar-refractivity contribution in [2.45, 2.75) is 6.54 Å². The van der Waals surface area contributed by atoms with Crippen LogP contribution >= 0.6 is 0 Å². The molecule has 25 heavy (non-hydrogen) atoms. The molecule has 0 amide bonds. The molecule has 0 bridgehead atoms. The second-order valence-electron chi connectivity index (χ2n) is 5.91. The number of cyclic esters (lactones) is 1. The van der Waals surface area contributed by atoms with Crippen molar-refractivity contribution < 1.29 is 19.4 Å². The highest BCUT2D eigenvalue weighted by molar-refractivity contribution is 6.43. The summed E-state index contributed by atoms with van der Waals surface area (Å²) in [4.78, 5) is 23.2. The zero-order chi connectivity index (χ0) is 17.4. The van der Waals surface area contributed by atoms with E-state index in [0.29, 0.717) is 12.1 Å². The largest absolute Gasteiger partial charge is 0.507 e. The molecule has 0 aliphatic carbocycles. The van der Waals surface area contributed by atoms with E-state index in [2.05, 4.69) is 0 Å². The molecule has 1 N–H and O–H groups in total. The topological polar surface area (TPSA) is 68.5 Å². The molecule has 0 spiro atoms. The van der Waals surface area contributed by atoms with E-state index in [4.69, 9.17) is 4.74 Å².